The van der Waals surface area contributed by atoms with Crippen molar-refractivity contribution in [1.82, 2.24) is 57.7 Å². The van der Waals surface area contributed by atoms with Crippen LogP contribution in [-0.2, 0) is 99.4 Å². The van der Waals surface area contributed by atoms with Crippen molar-refractivity contribution in [3.8, 4) is 5.75 Å². The van der Waals surface area contributed by atoms with Crippen molar-refractivity contribution in [2.45, 2.75) is 132 Å². The summed E-state index contributed by atoms with van der Waals surface area (Å²) in [6, 6.07) is -7.02. The molecule has 19 N–H and O–H groups in total. The van der Waals surface area contributed by atoms with Gasteiger partial charge in [-0.2, -0.15) is 11.8 Å². The molecule has 1 saturated heterocycles. The quantitative estimate of drug-likeness (QED) is 0.0291. The van der Waals surface area contributed by atoms with Gasteiger partial charge >= 0.3 is 5.97 Å². The molecular weight excluding hydrogens is 1340 g/mol. The van der Waals surface area contributed by atoms with Crippen LogP contribution in [0.2, 0.25) is 0 Å². The van der Waals surface area contributed by atoms with Gasteiger partial charge in [-0.05, 0) is 30.0 Å². The normalized spacial score (nSPS) is 23.1. The van der Waals surface area contributed by atoms with Crippen LogP contribution in [0.1, 0.15) is 77.3 Å². The summed E-state index contributed by atoms with van der Waals surface area (Å²) in [6.07, 6.45) is -3.63. The van der Waals surface area contributed by atoms with Crippen molar-refractivity contribution in [2.24, 2.45) is 29.2 Å². The molecule has 1 aromatic heterocycles. The number of fused-ring (bicyclic) bond motifs is 5. The number of carboxylic acids is 1. The number of hydrogen-bond acceptors (Lipinski definition) is 24. The second-order valence-electron chi connectivity index (χ2n) is 24.1. The first-order chi connectivity index (χ1) is 47.2. The molecule has 35 nitrogen and oxygen atoms in total. The van der Waals surface area contributed by atoms with Crippen LogP contribution in [0.5, 0.6) is 5.75 Å². The number of carbonyl (C=O) groups is 11. The van der Waals surface area contributed by atoms with Crippen LogP contribution in [0.3, 0.4) is 0 Å². The summed E-state index contributed by atoms with van der Waals surface area (Å²) in [6.45, 7) is 7.14. The minimum atomic E-state index is -2.47. The lowest BCUT2D eigenvalue weighted by Gasteiger charge is -2.33. The molecule has 2 aromatic rings. The van der Waals surface area contributed by atoms with Gasteiger partial charge < -0.3 is 118 Å². The maximum absolute atomic E-state index is 15.3. The Kier molecular flexibility index (Phi) is 35.1. The topological polar surface area (TPSA) is 531 Å². The number of ether oxygens (including phenoxy) is 5. The maximum atomic E-state index is 15.3. The molecule has 0 saturated carbocycles. The number of nitrogens with two attached hydrogens (primary N) is 2. The maximum Gasteiger partial charge on any atom is 0.306 e. The summed E-state index contributed by atoms with van der Waals surface area (Å²) in [7, 11) is -2.47. The first-order valence-corrected chi connectivity index (χ1v) is 35.2. The fourth-order valence-corrected chi connectivity index (χ4v) is 12.8. The Morgan fingerprint density at radius 3 is 2.09 bits per heavy atom. The minimum Gasteiger partial charge on any atom is -0.508 e. The highest BCUT2D eigenvalue weighted by atomic mass is 32.2. The Bertz CT molecular complexity index is 3140. The Morgan fingerprint density at radius 2 is 1.45 bits per heavy atom. The van der Waals surface area contributed by atoms with E-state index in [0.717, 1.165) is 4.90 Å². The van der Waals surface area contributed by atoms with E-state index in [1.54, 1.807) is 13.8 Å². The first-order valence-electron chi connectivity index (χ1n) is 32.7. The van der Waals surface area contributed by atoms with Crippen LogP contribution < -0.4 is 59.3 Å². The molecule has 2 unspecified atom stereocenters. The van der Waals surface area contributed by atoms with Crippen molar-refractivity contribution >= 4 is 98.5 Å². The van der Waals surface area contributed by atoms with Gasteiger partial charge in [-0.15, -0.1) is 0 Å². The number of aromatic hydroxyl groups is 1. The van der Waals surface area contributed by atoms with Crippen LogP contribution >= 0.6 is 11.8 Å². The fourth-order valence-electron chi connectivity index (χ4n) is 10.6. The number of rotatable bonds is 34. The van der Waals surface area contributed by atoms with E-state index in [0.29, 0.717) is 64.1 Å². The highest BCUT2D eigenvalue weighted by Gasteiger charge is 2.45. The van der Waals surface area contributed by atoms with Gasteiger partial charge in [0.15, 0.2) is 0 Å². The van der Waals surface area contributed by atoms with Crippen molar-refractivity contribution in [3.05, 3.63) is 35.2 Å². The summed E-state index contributed by atoms with van der Waals surface area (Å²) in [5.41, 5.74) is 12.3. The van der Waals surface area contributed by atoms with Crippen LogP contribution in [0.25, 0.3) is 10.9 Å². The number of carbonyl (C=O) groups excluding carboxylic acids is 10. The molecule has 3 aliphatic heterocycles. The highest BCUT2D eigenvalue weighted by Crippen LogP contribution is 2.36. The number of aromatic amines is 1. The fraction of sp³-hybridized carbons (Fsp3) is 0.661. The Labute approximate surface area is 579 Å². The number of thioether (sulfide) groups is 1. The third kappa shape index (κ3) is 26.7. The largest absolute Gasteiger partial charge is 0.508 e. The number of nitrogens with one attached hydrogen (secondary N) is 10. The molecule has 12 atom stereocenters. The number of aliphatic hydroxyl groups excluding tert-OH is 3. The van der Waals surface area contributed by atoms with Gasteiger partial charge in [-0.3, -0.25) is 56.9 Å². The average molecular weight is 1440 g/mol. The number of phenols is 1. The standard InChI is InChI=1S/C62H97N13O22S2/c1-5-34(2)52-58(87)68-29-51(83)69-44-33-99(92)60-40(26-43(55(84)66-11-10-49(81)72-52)71-59(88)53(36(4)47(79)31-76)73-57(86)45-25-38(77)30-75(45)61(89)42(70-56(44)85)7-9-48(64)80)39-6-8-46(78)41(54(39)74-60)32-98-23-22-97-21-20-96-19-18-95-17-16-94-15-14-93-13-12-65-27-37(63)28-67-50(82)24-35(3)62(90)91/h6,8,27,34-36,38,42-45,47,52-53,65,74,76-79H,5,7,9-26,28-33,63H2,1-4H3,(H2,64,80)(H,66,84)(H,67,82)(H,68,87)(H,69,83)(H,70,85)(H,71,88)(H,72,81)(H,73,86)(H,90,91)/b37-27-/t34-,35?,36-,38+,42-,43-,44+,45-,47-,52-,53-,99?/m0/s1. The zero-order chi connectivity index (χ0) is 72.7. The van der Waals surface area contributed by atoms with E-state index in [2.05, 4.69) is 52.8 Å². The number of primary amides is 1. The molecule has 0 radical (unpaired) electrons. The number of phenolic OH excluding ortho intramolecular Hbond substituents is 1. The Morgan fingerprint density at radius 1 is 0.798 bits per heavy atom. The Hall–Kier alpha value is -7.75. The summed E-state index contributed by atoms with van der Waals surface area (Å²) in [5, 5.41) is 75.9. The molecule has 554 valence electrons. The predicted molar refractivity (Wildman–Crippen MR) is 356 cm³/mol. The molecule has 5 rings (SSSR count). The zero-order valence-electron chi connectivity index (χ0n) is 56.1. The van der Waals surface area contributed by atoms with Gasteiger partial charge in [0.05, 0.1) is 126 Å². The average Bonchev–Trinajstić information content (AvgIpc) is 1.62. The molecule has 37 heteroatoms. The molecule has 3 aliphatic rings. The number of aliphatic carboxylic acids is 1. The van der Waals surface area contributed by atoms with Crippen molar-refractivity contribution in [1.29, 1.82) is 0 Å². The number of amides is 10. The molecule has 2 bridgehead atoms. The summed E-state index contributed by atoms with van der Waals surface area (Å²) < 4.78 is 43.3. The number of aliphatic hydroxyl groups is 3. The SMILES string of the molecule is CC[C@H](C)[C@@H]1NC(=O)CCNC(=O)[C@@H]2Cc3c([nH]c4c(CSCCOCCOCCOCCOCCOCCN/C=C(\N)CNC(=O)CC(C)C(=O)O)c(O)ccc34)S(=O)C[C@@H](NC(=O)CNC1=O)C(=O)N[C@@H](CCC(N)=O)C(=O)N1C[C@H](O)C[C@H]1C(=O)N[C@@H]([C@@H](C)[C@@H](O)CO)C(=O)N2. The summed E-state index contributed by atoms with van der Waals surface area (Å²) in [4.78, 5) is 154. The second-order valence-corrected chi connectivity index (χ2v) is 26.6. The van der Waals surface area contributed by atoms with E-state index in [-0.39, 0.29) is 84.5 Å². The molecule has 99 heavy (non-hydrogen) atoms. The number of benzene rings is 1. The third-order valence-electron chi connectivity index (χ3n) is 16.5. The number of nitrogens with zero attached hydrogens (tertiary/aromatic N) is 1. The van der Waals surface area contributed by atoms with Gasteiger partial charge in [-0.1, -0.05) is 34.1 Å². The summed E-state index contributed by atoms with van der Waals surface area (Å²) in [5.74, 6) is -13.3. The zero-order valence-corrected chi connectivity index (χ0v) is 57.7. The predicted octanol–water partition coefficient (Wildman–Crippen LogP) is -5.21. The second kappa shape index (κ2) is 42.4. The molecule has 1 fully saturated rings. The molecule has 10 amide bonds. The van der Waals surface area contributed by atoms with Gasteiger partial charge in [0.2, 0.25) is 59.1 Å². The van der Waals surface area contributed by atoms with Gasteiger partial charge in [0, 0.05) is 92.0 Å². The molecule has 1 aromatic carbocycles. The van der Waals surface area contributed by atoms with Crippen LogP contribution in [-0.4, -0.2) is 270 Å². The molecule has 0 spiro atoms. The molecule has 0 aliphatic carbocycles. The van der Waals surface area contributed by atoms with Crippen molar-refractivity contribution < 1.29 is 106 Å². The lowest BCUT2D eigenvalue weighted by atomic mass is 9.93. The van der Waals surface area contributed by atoms with Crippen LogP contribution in [0, 0.1) is 17.8 Å². The van der Waals surface area contributed by atoms with Crippen molar-refractivity contribution in [3.63, 3.8) is 0 Å². The lowest BCUT2D eigenvalue weighted by molar-refractivity contribution is -0.143. The number of H-pyrrole nitrogens is 1. The molecular formula is C62H97N13O22S2. The minimum absolute atomic E-state index is 0.0668. The Balaban J connectivity index is 1.31. The smallest absolute Gasteiger partial charge is 0.306 e. The van der Waals surface area contributed by atoms with Crippen LogP contribution in [0.15, 0.2) is 29.1 Å². The van der Waals surface area contributed by atoms with Crippen molar-refractivity contribution in [2.75, 3.05) is 117 Å². The van der Waals surface area contributed by atoms with Gasteiger partial charge in [0.25, 0.3) is 0 Å². The number of aromatic nitrogens is 1. The third-order valence-corrected chi connectivity index (χ3v) is 18.9. The molecule has 4 heterocycles. The highest BCUT2D eigenvalue weighted by molar-refractivity contribution is 7.98. The number of hydrogen-bond donors (Lipinski definition) is 17. The van der Waals surface area contributed by atoms with Crippen LogP contribution in [0.4, 0.5) is 0 Å². The van der Waals surface area contributed by atoms with E-state index in [9.17, 15) is 73.2 Å². The van der Waals surface area contributed by atoms with E-state index < -0.39 is 200 Å². The monoisotopic (exact) mass is 1440 g/mol. The summed E-state index contributed by atoms with van der Waals surface area (Å²) >= 11 is 1.34. The van der Waals surface area contributed by atoms with E-state index in [4.69, 9.17) is 40.3 Å². The lowest BCUT2D eigenvalue weighted by Crippen LogP contribution is -2.61. The van der Waals surface area contributed by atoms with E-state index >= 15 is 4.21 Å². The van der Waals surface area contributed by atoms with E-state index in [1.807, 2.05) is 0 Å². The first kappa shape index (κ1) is 81.9. The van der Waals surface area contributed by atoms with E-state index in [1.165, 1.54) is 43.9 Å². The van der Waals surface area contributed by atoms with Gasteiger partial charge in [-0.25, -0.2) is 0 Å². The number of carboxylic acid groups (broad SMARTS) is 1. The van der Waals surface area contributed by atoms with Gasteiger partial charge in [0.1, 0.15) is 47.0 Å².